The van der Waals surface area contributed by atoms with Gasteiger partial charge in [-0.25, -0.2) is 0 Å². The molecule has 0 bridgehead atoms. The van der Waals surface area contributed by atoms with Crippen molar-refractivity contribution in [3.8, 4) is 0 Å². The SMILES string of the molecule is CC.CC(F)(F)c1ccccn1. The Morgan fingerprint density at radius 3 is 2.08 bits per heavy atom. The zero-order chi connectivity index (χ0) is 9.61. The second-order valence-electron chi connectivity index (χ2n) is 2.10. The van der Waals surface area contributed by atoms with Gasteiger partial charge in [0.2, 0.25) is 0 Å². The molecule has 0 saturated carbocycles. The first-order valence-electron chi connectivity index (χ1n) is 3.90. The fraction of sp³-hybridized carbons (Fsp3) is 0.444. The van der Waals surface area contributed by atoms with Crippen LogP contribution in [-0.4, -0.2) is 4.98 Å². The van der Waals surface area contributed by atoms with Crippen molar-refractivity contribution in [1.29, 1.82) is 0 Å². The molecule has 0 atom stereocenters. The first-order valence-corrected chi connectivity index (χ1v) is 3.90. The van der Waals surface area contributed by atoms with Crippen molar-refractivity contribution in [1.82, 2.24) is 4.98 Å². The van der Waals surface area contributed by atoms with Gasteiger partial charge in [-0.05, 0) is 12.1 Å². The minimum Gasteiger partial charge on any atom is -0.255 e. The Kier molecular flexibility index (Phi) is 4.40. The minimum absolute atomic E-state index is 0.185. The van der Waals surface area contributed by atoms with Crippen LogP contribution in [0.1, 0.15) is 26.5 Å². The largest absolute Gasteiger partial charge is 0.286 e. The number of pyridine rings is 1. The summed E-state index contributed by atoms with van der Waals surface area (Å²) in [5.74, 6) is -2.82. The molecule has 68 valence electrons. The minimum atomic E-state index is -2.82. The average Bonchev–Trinajstić information content (AvgIpc) is 2.08. The van der Waals surface area contributed by atoms with E-state index in [1.54, 1.807) is 12.1 Å². The molecule has 0 radical (unpaired) electrons. The predicted molar refractivity (Wildman–Crippen MR) is 45.2 cm³/mol. The Bertz CT molecular complexity index is 204. The molecule has 0 spiro atoms. The molecule has 0 fully saturated rings. The van der Waals surface area contributed by atoms with E-state index < -0.39 is 5.92 Å². The van der Waals surface area contributed by atoms with E-state index in [2.05, 4.69) is 4.98 Å². The number of alkyl halides is 2. The molecule has 12 heavy (non-hydrogen) atoms. The number of nitrogens with zero attached hydrogens (tertiary/aromatic N) is 1. The summed E-state index contributed by atoms with van der Waals surface area (Å²) in [6, 6.07) is 4.45. The summed E-state index contributed by atoms with van der Waals surface area (Å²) in [5.41, 5.74) is -0.185. The summed E-state index contributed by atoms with van der Waals surface area (Å²) in [6.07, 6.45) is 1.35. The Morgan fingerprint density at radius 1 is 1.25 bits per heavy atom. The van der Waals surface area contributed by atoms with Crippen molar-refractivity contribution in [2.75, 3.05) is 0 Å². The first-order chi connectivity index (χ1) is 5.61. The maximum absolute atomic E-state index is 12.4. The predicted octanol–water partition coefficient (Wildman–Crippen LogP) is 3.22. The van der Waals surface area contributed by atoms with Crippen LogP contribution in [0, 0.1) is 0 Å². The first kappa shape index (κ1) is 11.0. The van der Waals surface area contributed by atoms with Gasteiger partial charge in [-0.3, -0.25) is 4.98 Å². The Balaban J connectivity index is 0.000000561. The summed E-state index contributed by atoms with van der Waals surface area (Å²) in [7, 11) is 0. The fourth-order valence-corrected chi connectivity index (χ4v) is 0.622. The number of aromatic nitrogens is 1. The lowest BCUT2D eigenvalue weighted by molar-refractivity contribution is 0.0128. The van der Waals surface area contributed by atoms with Crippen molar-refractivity contribution in [2.24, 2.45) is 0 Å². The Hall–Kier alpha value is -0.990. The van der Waals surface area contributed by atoms with Crippen LogP contribution in [0.25, 0.3) is 0 Å². The topological polar surface area (TPSA) is 12.9 Å². The molecule has 0 N–H and O–H groups in total. The van der Waals surface area contributed by atoms with Gasteiger partial charge in [0, 0.05) is 13.1 Å². The van der Waals surface area contributed by atoms with Gasteiger partial charge in [0.05, 0.1) is 0 Å². The van der Waals surface area contributed by atoms with Gasteiger partial charge >= 0.3 is 0 Å². The number of hydrogen-bond acceptors (Lipinski definition) is 1. The van der Waals surface area contributed by atoms with E-state index in [4.69, 9.17) is 0 Å². The number of rotatable bonds is 1. The van der Waals surface area contributed by atoms with Crippen LogP contribution in [0.15, 0.2) is 24.4 Å². The molecule has 1 aromatic heterocycles. The highest BCUT2D eigenvalue weighted by atomic mass is 19.3. The molecule has 0 aliphatic carbocycles. The smallest absolute Gasteiger partial charge is 0.255 e. The van der Waals surface area contributed by atoms with Gasteiger partial charge in [-0.1, -0.05) is 19.9 Å². The third-order valence-corrected chi connectivity index (χ3v) is 1.11. The lowest BCUT2D eigenvalue weighted by Crippen LogP contribution is -2.08. The highest BCUT2D eigenvalue weighted by molar-refractivity contribution is 5.08. The zero-order valence-corrected chi connectivity index (χ0v) is 7.51. The average molecular weight is 173 g/mol. The summed E-state index contributed by atoms with van der Waals surface area (Å²) in [6.45, 7) is 4.83. The van der Waals surface area contributed by atoms with Gasteiger partial charge in [0.1, 0.15) is 5.69 Å². The summed E-state index contributed by atoms with van der Waals surface area (Å²) >= 11 is 0. The van der Waals surface area contributed by atoms with Gasteiger partial charge in [0.15, 0.2) is 0 Å². The van der Waals surface area contributed by atoms with Crippen LogP contribution in [0.3, 0.4) is 0 Å². The van der Waals surface area contributed by atoms with E-state index in [1.165, 1.54) is 12.3 Å². The van der Waals surface area contributed by atoms with Crippen LogP contribution in [-0.2, 0) is 5.92 Å². The Morgan fingerprint density at radius 2 is 1.83 bits per heavy atom. The number of halogens is 2. The second kappa shape index (κ2) is 4.80. The maximum atomic E-state index is 12.4. The van der Waals surface area contributed by atoms with Gasteiger partial charge < -0.3 is 0 Å². The van der Waals surface area contributed by atoms with Crippen LogP contribution in [0.5, 0.6) is 0 Å². The van der Waals surface area contributed by atoms with E-state index in [0.717, 1.165) is 6.92 Å². The van der Waals surface area contributed by atoms with E-state index in [1.807, 2.05) is 13.8 Å². The molecule has 0 aromatic carbocycles. The highest BCUT2D eigenvalue weighted by Crippen LogP contribution is 2.23. The highest BCUT2D eigenvalue weighted by Gasteiger charge is 2.24. The van der Waals surface area contributed by atoms with Crippen LogP contribution < -0.4 is 0 Å². The summed E-state index contributed by atoms with van der Waals surface area (Å²) < 4.78 is 24.8. The lowest BCUT2D eigenvalue weighted by atomic mass is 10.2. The molecule has 0 amide bonds. The van der Waals surface area contributed by atoms with Crippen LogP contribution in [0.2, 0.25) is 0 Å². The van der Waals surface area contributed by atoms with Gasteiger partial charge in [-0.15, -0.1) is 0 Å². The molecular weight excluding hydrogens is 160 g/mol. The zero-order valence-electron chi connectivity index (χ0n) is 7.51. The molecule has 1 rings (SSSR count). The third kappa shape index (κ3) is 3.42. The molecule has 1 aromatic rings. The number of hydrogen-bond donors (Lipinski definition) is 0. The van der Waals surface area contributed by atoms with Crippen LogP contribution in [0.4, 0.5) is 8.78 Å². The molecule has 0 saturated heterocycles. The van der Waals surface area contributed by atoms with E-state index in [9.17, 15) is 8.78 Å². The van der Waals surface area contributed by atoms with Crippen molar-refractivity contribution >= 4 is 0 Å². The lowest BCUT2D eigenvalue weighted by Gasteiger charge is -2.07. The summed E-state index contributed by atoms with van der Waals surface area (Å²) in [4.78, 5) is 3.50. The molecule has 1 nitrogen and oxygen atoms in total. The van der Waals surface area contributed by atoms with Crippen molar-refractivity contribution in [3.63, 3.8) is 0 Å². The van der Waals surface area contributed by atoms with Crippen molar-refractivity contribution < 1.29 is 8.78 Å². The normalized spacial score (nSPS) is 10.1. The van der Waals surface area contributed by atoms with Crippen molar-refractivity contribution in [3.05, 3.63) is 30.1 Å². The molecule has 0 unspecified atom stereocenters. The van der Waals surface area contributed by atoms with E-state index in [-0.39, 0.29) is 5.69 Å². The van der Waals surface area contributed by atoms with E-state index >= 15 is 0 Å². The molecule has 3 heteroatoms. The van der Waals surface area contributed by atoms with Crippen LogP contribution >= 0.6 is 0 Å². The molecule has 0 aliphatic rings. The molecule has 1 heterocycles. The van der Waals surface area contributed by atoms with E-state index in [0.29, 0.717) is 0 Å². The molecule has 0 aliphatic heterocycles. The molecular formula is C9H13F2N. The third-order valence-electron chi connectivity index (χ3n) is 1.11. The summed E-state index contributed by atoms with van der Waals surface area (Å²) in [5, 5.41) is 0. The monoisotopic (exact) mass is 173 g/mol. The second-order valence-corrected chi connectivity index (χ2v) is 2.10. The van der Waals surface area contributed by atoms with Crippen molar-refractivity contribution in [2.45, 2.75) is 26.7 Å². The van der Waals surface area contributed by atoms with Gasteiger partial charge in [-0.2, -0.15) is 8.78 Å². The standard InChI is InChI=1S/C7H7F2N.C2H6/c1-7(8,9)6-4-2-3-5-10-6;1-2/h2-5H,1H3;1-2H3. The Labute approximate surface area is 71.4 Å². The fourth-order valence-electron chi connectivity index (χ4n) is 0.622. The van der Waals surface area contributed by atoms with Gasteiger partial charge in [0.25, 0.3) is 5.92 Å². The maximum Gasteiger partial charge on any atom is 0.286 e. The quantitative estimate of drug-likeness (QED) is 0.635.